The van der Waals surface area contributed by atoms with E-state index in [0.717, 1.165) is 29.0 Å². The zero-order valence-corrected chi connectivity index (χ0v) is 14.4. The molecule has 3 rings (SSSR count). The molecule has 132 valence electrons. The second-order valence-corrected chi connectivity index (χ2v) is 6.09. The van der Waals surface area contributed by atoms with Crippen molar-refractivity contribution in [1.29, 1.82) is 0 Å². The average Bonchev–Trinajstić information content (AvgIpc) is 2.65. The first kappa shape index (κ1) is 17.6. The van der Waals surface area contributed by atoms with Gasteiger partial charge in [-0.3, -0.25) is 9.59 Å². The number of ether oxygens (including phenoxy) is 1. The number of amides is 2. The lowest BCUT2D eigenvalue weighted by molar-refractivity contribution is -0.117. The highest BCUT2D eigenvalue weighted by molar-refractivity contribution is 5.94. The number of aryl methyl sites for hydroxylation is 1. The Balaban J connectivity index is 1.43. The third-order valence-corrected chi connectivity index (χ3v) is 4.10. The summed E-state index contributed by atoms with van der Waals surface area (Å²) in [4.78, 5) is 23.3. The number of terminal acetylenes is 1. The molecule has 0 radical (unpaired) electrons. The standard InChI is InChI=1S/C21H20N2O3/c1-2-15-5-3-6-17(13-15)22-20(24)7-4-12-26-18-9-10-19-16(14-18)8-11-21(25)23-19/h1,3,5-6,9-10,13-14H,4,7-8,11-12H2,(H,22,24)(H,23,25). The number of nitrogens with one attached hydrogen (secondary N) is 2. The number of carbonyl (C=O) groups is 2. The smallest absolute Gasteiger partial charge is 0.224 e. The van der Waals surface area contributed by atoms with Gasteiger partial charge in [0.15, 0.2) is 0 Å². The van der Waals surface area contributed by atoms with Crippen LogP contribution in [0.2, 0.25) is 0 Å². The first-order valence-electron chi connectivity index (χ1n) is 8.56. The normalized spacial score (nSPS) is 12.5. The molecule has 2 N–H and O–H groups in total. The van der Waals surface area contributed by atoms with Gasteiger partial charge in [0.2, 0.25) is 11.8 Å². The molecule has 0 saturated carbocycles. The molecule has 0 aliphatic carbocycles. The molecule has 1 heterocycles. The predicted octanol–water partition coefficient (Wildman–Crippen LogP) is 3.35. The van der Waals surface area contributed by atoms with Crippen LogP contribution in [0.4, 0.5) is 11.4 Å². The molecule has 0 atom stereocenters. The Morgan fingerprint density at radius 2 is 2.12 bits per heavy atom. The van der Waals surface area contributed by atoms with Crippen molar-refractivity contribution in [2.45, 2.75) is 25.7 Å². The molecule has 0 saturated heterocycles. The molecule has 0 unspecified atom stereocenters. The van der Waals surface area contributed by atoms with E-state index in [2.05, 4.69) is 16.6 Å². The molecule has 1 aliphatic heterocycles. The highest BCUT2D eigenvalue weighted by Gasteiger charge is 2.15. The van der Waals surface area contributed by atoms with Crippen molar-refractivity contribution in [2.24, 2.45) is 0 Å². The van der Waals surface area contributed by atoms with Crippen LogP contribution in [0.15, 0.2) is 42.5 Å². The van der Waals surface area contributed by atoms with Crippen LogP contribution in [-0.4, -0.2) is 18.4 Å². The molecule has 5 nitrogen and oxygen atoms in total. The van der Waals surface area contributed by atoms with Crippen LogP contribution in [0.1, 0.15) is 30.4 Å². The van der Waals surface area contributed by atoms with Crippen molar-refractivity contribution >= 4 is 23.2 Å². The zero-order valence-electron chi connectivity index (χ0n) is 14.4. The first-order valence-corrected chi connectivity index (χ1v) is 8.56. The minimum atomic E-state index is -0.0732. The SMILES string of the molecule is C#Cc1cccc(NC(=O)CCCOc2ccc3c(c2)CCC(=O)N3)c1. The predicted molar refractivity (Wildman–Crippen MR) is 101 cm³/mol. The molecular formula is C21H20N2O3. The van der Waals surface area contributed by atoms with Crippen LogP contribution >= 0.6 is 0 Å². The molecule has 2 aromatic carbocycles. The molecule has 0 spiro atoms. The van der Waals surface area contributed by atoms with E-state index in [4.69, 9.17) is 11.2 Å². The summed E-state index contributed by atoms with van der Waals surface area (Å²) >= 11 is 0. The quantitative estimate of drug-likeness (QED) is 0.621. The van der Waals surface area contributed by atoms with Crippen LogP contribution in [0, 0.1) is 12.3 Å². The third kappa shape index (κ3) is 4.64. The molecular weight excluding hydrogens is 328 g/mol. The van der Waals surface area contributed by atoms with E-state index < -0.39 is 0 Å². The second kappa shape index (κ2) is 8.21. The number of benzene rings is 2. The fourth-order valence-electron chi connectivity index (χ4n) is 2.78. The summed E-state index contributed by atoms with van der Waals surface area (Å²) in [5.41, 5.74) is 3.35. The van der Waals surface area contributed by atoms with Gasteiger partial charge in [-0.15, -0.1) is 6.42 Å². The Morgan fingerprint density at radius 3 is 2.96 bits per heavy atom. The van der Waals surface area contributed by atoms with Gasteiger partial charge in [-0.1, -0.05) is 12.0 Å². The molecule has 26 heavy (non-hydrogen) atoms. The third-order valence-electron chi connectivity index (χ3n) is 4.10. The molecule has 2 aromatic rings. The summed E-state index contributed by atoms with van der Waals surface area (Å²) in [5, 5.41) is 5.67. The number of hydrogen-bond donors (Lipinski definition) is 2. The van der Waals surface area contributed by atoms with Gasteiger partial charge in [0.25, 0.3) is 0 Å². The van der Waals surface area contributed by atoms with E-state index >= 15 is 0 Å². The van der Waals surface area contributed by atoms with Gasteiger partial charge in [0.05, 0.1) is 6.61 Å². The summed E-state index contributed by atoms with van der Waals surface area (Å²) in [6.45, 7) is 0.447. The van der Waals surface area contributed by atoms with Gasteiger partial charge in [0, 0.05) is 29.8 Å². The number of carbonyl (C=O) groups excluding carboxylic acids is 2. The van der Waals surface area contributed by atoms with Gasteiger partial charge in [-0.2, -0.15) is 0 Å². The topological polar surface area (TPSA) is 67.4 Å². The van der Waals surface area contributed by atoms with Crippen molar-refractivity contribution in [3.63, 3.8) is 0 Å². The van der Waals surface area contributed by atoms with Gasteiger partial charge in [0.1, 0.15) is 5.75 Å². The van der Waals surface area contributed by atoms with Crippen LogP contribution in [0.5, 0.6) is 5.75 Å². The Labute approximate surface area is 152 Å². The molecule has 0 fully saturated rings. The summed E-state index contributed by atoms with van der Waals surface area (Å²) in [6.07, 6.45) is 7.54. The zero-order chi connectivity index (χ0) is 18.4. The summed E-state index contributed by atoms with van der Waals surface area (Å²) in [5.74, 6) is 3.27. The van der Waals surface area contributed by atoms with Crippen LogP contribution < -0.4 is 15.4 Å². The van der Waals surface area contributed by atoms with E-state index in [1.54, 1.807) is 12.1 Å². The van der Waals surface area contributed by atoms with Crippen molar-refractivity contribution in [3.05, 3.63) is 53.6 Å². The summed E-state index contributed by atoms with van der Waals surface area (Å²) < 4.78 is 5.72. The fourth-order valence-corrected chi connectivity index (χ4v) is 2.78. The number of rotatable bonds is 6. The second-order valence-electron chi connectivity index (χ2n) is 6.09. The van der Waals surface area contributed by atoms with E-state index in [1.165, 1.54) is 0 Å². The minimum absolute atomic E-state index is 0.0463. The van der Waals surface area contributed by atoms with Crippen LogP contribution in [-0.2, 0) is 16.0 Å². The number of fused-ring (bicyclic) bond motifs is 1. The highest BCUT2D eigenvalue weighted by Crippen LogP contribution is 2.26. The van der Waals surface area contributed by atoms with Crippen molar-refractivity contribution in [1.82, 2.24) is 0 Å². The van der Waals surface area contributed by atoms with Gasteiger partial charge in [-0.05, 0) is 54.8 Å². The maximum Gasteiger partial charge on any atom is 0.224 e. The monoisotopic (exact) mass is 348 g/mol. The Bertz CT molecular complexity index is 868. The Morgan fingerprint density at radius 1 is 1.23 bits per heavy atom. The van der Waals surface area contributed by atoms with Gasteiger partial charge < -0.3 is 15.4 Å². The van der Waals surface area contributed by atoms with Crippen molar-refractivity contribution < 1.29 is 14.3 Å². The molecule has 1 aliphatic rings. The Hall–Kier alpha value is -3.26. The lowest BCUT2D eigenvalue weighted by Crippen LogP contribution is -2.18. The van der Waals surface area contributed by atoms with Crippen LogP contribution in [0.3, 0.4) is 0 Å². The van der Waals surface area contributed by atoms with Gasteiger partial charge >= 0.3 is 0 Å². The van der Waals surface area contributed by atoms with E-state index in [9.17, 15) is 9.59 Å². The van der Waals surface area contributed by atoms with E-state index in [1.807, 2.05) is 30.3 Å². The minimum Gasteiger partial charge on any atom is -0.494 e. The molecule has 5 heteroatoms. The fraction of sp³-hybridized carbons (Fsp3) is 0.238. The average molecular weight is 348 g/mol. The van der Waals surface area contributed by atoms with E-state index in [-0.39, 0.29) is 11.8 Å². The molecule has 0 aromatic heterocycles. The van der Waals surface area contributed by atoms with Crippen LogP contribution in [0.25, 0.3) is 0 Å². The lowest BCUT2D eigenvalue weighted by atomic mass is 10.0. The number of anilines is 2. The van der Waals surface area contributed by atoms with Crippen molar-refractivity contribution in [2.75, 3.05) is 17.2 Å². The molecule has 2 amide bonds. The maximum atomic E-state index is 12.0. The van der Waals surface area contributed by atoms with Gasteiger partial charge in [-0.25, -0.2) is 0 Å². The Kier molecular flexibility index (Phi) is 5.55. The largest absolute Gasteiger partial charge is 0.494 e. The lowest BCUT2D eigenvalue weighted by Gasteiger charge is -2.17. The van der Waals surface area contributed by atoms with Crippen molar-refractivity contribution in [3.8, 4) is 18.1 Å². The summed E-state index contributed by atoms with van der Waals surface area (Å²) in [7, 11) is 0. The molecule has 0 bridgehead atoms. The summed E-state index contributed by atoms with van der Waals surface area (Å²) in [6, 6.07) is 12.8. The maximum absolute atomic E-state index is 12.0. The van der Waals surface area contributed by atoms with E-state index in [0.29, 0.717) is 31.6 Å². The number of hydrogen-bond acceptors (Lipinski definition) is 3. The first-order chi connectivity index (χ1) is 12.6. The highest BCUT2D eigenvalue weighted by atomic mass is 16.5.